The van der Waals surface area contributed by atoms with Gasteiger partial charge in [0.1, 0.15) is 5.82 Å². The summed E-state index contributed by atoms with van der Waals surface area (Å²) in [5.74, 6) is 0.351. The molecule has 1 atom stereocenters. The lowest BCUT2D eigenvalue weighted by atomic mass is 9.88. The highest BCUT2D eigenvalue weighted by molar-refractivity contribution is 7.89. The van der Waals surface area contributed by atoms with Gasteiger partial charge >= 0.3 is 0 Å². The van der Waals surface area contributed by atoms with E-state index >= 15 is 0 Å². The van der Waals surface area contributed by atoms with Crippen LogP contribution < -0.4 is 0 Å². The van der Waals surface area contributed by atoms with Crippen molar-refractivity contribution in [3.63, 3.8) is 0 Å². The zero-order valence-electron chi connectivity index (χ0n) is 14.6. The Bertz CT molecular complexity index is 688. The van der Waals surface area contributed by atoms with Gasteiger partial charge in [-0.1, -0.05) is 19.1 Å². The van der Waals surface area contributed by atoms with Crippen molar-refractivity contribution in [3.05, 3.63) is 35.6 Å². The molecule has 7 heteroatoms. The molecule has 0 aliphatic carbocycles. The fourth-order valence-corrected chi connectivity index (χ4v) is 5.23. The Balaban J connectivity index is 1.37. The topological polar surface area (TPSA) is 55.8 Å². The summed E-state index contributed by atoms with van der Waals surface area (Å²) in [5, 5.41) is 0. The zero-order valence-corrected chi connectivity index (χ0v) is 15.4. The van der Waals surface area contributed by atoms with Gasteiger partial charge in [0.25, 0.3) is 0 Å². The first kappa shape index (κ1) is 18.8. The largest absolute Gasteiger partial charge is 0.377 e. The van der Waals surface area contributed by atoms with Gasteiger partial charge in [0.05, 0.1) is 24.6 Å². The van der Waals surface area contributed by atoms with Crippen LogP contribution in [-0.2, 0) is 26.1 Å². The van der Waals surface area contributed by atoms with Crippen molar-refractivity contribution < 1.29 is 22.3 Å². The fraction of sp³-hybridized carbons (Fsp3) is 0.667. The molecule has 1 spiro atoms. The highest BCUT2D eigenvalue weighted by Crippen LogP contribution is 2.40. The van der Waals surface area contributed by atoms with E-state index in [1.54, 1.807) is 10.4 Å². The van der Waals surface area contributed by atoms with Crippen LogP contribution in [0.15, 0.2) is 24.3 Å². The van der Waals surface area contributed by atoms with Crippen molar-refractivity contribution in [2.24, 2.45) is 5.92 Å². The maximum atomic E-state index is 13.1. The quantitative estimate of drug-likeness (QED) is 0.659. The van der Waals surface area contributed by atoms with E-state index in [-0.39, 0.29) is 17.2 Å². The van der Waals surface area contributed by atoms with Crippen LogP contribution in [0.3, 0.4) is 0 Å². The second-order valence-corrected chi connectivity index (χ2v) is 9.21. The van der Waals surface area contributed by atoms with Crippen molar-refractivity contribution in [2.45, 2.75) is 38.4 Å². The molecule has 2 aliphatic heterocycles. The van der Waals surface area contributed by atoms with Crippen LogP contribution >= 0.6 is 0 Å². The van der Waals surface area contributed by atoms with Gasteiger partial charge in [0.15, 0.2) is 0 Å². The van der Waals surface area contributed by atoms with Gasteiger partial charge in [-0.15, -0.1) is 0 Å². The van der Waals surface area contributed by atoms with Crippen LogP contribution in [0.2, 0.25) is 0 Å². The van der Waals surface area contributed by atoms with Crippen molar-refractivity contribution in [3.8, 4) is 0 Å². The molecular formula is C18H26FNO4S. The molecule has 0 N–H and O–H groups in total. The van der Waals surface area contributed by atoms with Gasteiger partial charge in [-0.25, -0.2) is 12.8 Å². The summed E-state index contributed by atoms with van der Waals surface area (Å²) in [6.45, 7) is 4.49. The number of hydrogen-bond donors (Lipinski definition) is 0. The van der Waals surface area contributed by atoms with Gasteiger partial charge in [-0.05, 0) is 42.9 Å². The third-order valence-electron chi connectivity index (χ3n) is 4.90. The Kier molecular flexibility index (Phi) is 5.78. The van der Waals surface area contributed by atoms with Crippen molar-refractivity contribution in [1.29, 1.82) is 0 Å². The van der Waals surface area contributed by atoms with E-state index in [4.69, 9.17) is 9.47 Å². The number of hydrogen-bond acceptors (Lipinski definition) is 4. The summed E-state index contributed by atoms with van der Waals surface area (Å²) in [7, 11) is -3.11. The van der Waals surface area contributed by atoms with Crippen LogP contribution in [0.5, 0.6) is 0 Å². The van der Waals surface area contributed by atoms with Gasteiger partial charge in [-0.2, -0.15) is 4.31 Å². The van der Waals surface area contributed by atoms with E-state index in [1.165, 1.54) is 12.1 Å². The maximum absolute atomic E-state index is 13.1. The standard InChI is InChI=1S/C18H26FNO4S/c1-2-8-25(21,22)20-13-18(14-20)10-16(12-24-18)6-7-23-11-15-4-3-5-17(19)9-15/h3-5,9,16H,2,6-8,10-14H2,1H3. The second kappa shape index (κ2) is 7.70. The molecule has 0 aromatic heterocycles. The van der Waals surface area contributed by atoms with Crippen molar-refractivity contribution in [1.82, 2.24) is 4.31 Å². The third-order valence-corrected chi connectivity index (χ3v) is 6.87. The van der Waals surface area contributed by atoms with Crippen LogP contribution in [0.1, 0.15) is 31.7 Å². The number of nitrogens with zero attached hydrogens (tertiary/aromatic N) is 1. The normalized spacial score (nSPS) is 23.0. The molecule has 2 aliphatic rings. The van der Waals surface area contributed by atoms with Gasteiger partial charge in [0, 0.05) is 19.7 Å². The minimum atomic E-state index is -3.11. The highest BCUT2D eigenvalue weighted by Gasteiger charge is 2.52. The fourth-order valence-electron chi connectivity index (χ4n) is 3.59. The van der Waals surface area contributed by atoms with Crippen LogP contribution in [0, 0.1) is 11.7 Å². The summed E-state index contributed by atoms with van der Waals surface area (Å²) in [6.07, 6.45) is 2.39. The lowest BCUT2D eigenvalue weighted by Gasteiger charge is -2.46. The molecule has 1 aromatic rings. The summed E-state index contributed by atoms with van der Waals surface area (Å²) >= 11 is 0. The van der Waals surface area contributed by atoms with E-state index in [2.05, 4.69) is 0 Å². The Morgan fingerprint density at radius 3 is 2.92 bits per heavy atom. The Hall–Kier alpha value is -1.02. The first-order valence-corrected chi connectivity index (χ1v) is 10.5. The predicted octanol–water partition coefficient (Wildman–Crippen LogP) is 2.56. The first-order valence-electron chi connectivity index (χ1n) is 8.86. The molecule has 140 valence electrons. The highest BCUT2D eigenvalue weighted by atomic mass is 32.2. The predicted molar refractivity (Wildman–Crippen MR) is 93.1 cm³/mol. The summed E-state index contributed by atoms with van der Waals surface area (Å²) in [5.41, 5.74) is 0.545. The summed E-state index contributed by atoms with van der Waals surface area (Å²) < 4.78 is 50.2. The van der Waals surface area contributed by atoms with Crippen LogP contribution in [-0.4, -0.2) is 50.4 Å². The van der Waals surface area contributed by atoms with E-state index in [0.29, 0.717) is 45.2 Å². The molecule has 25 heavy (non-hydrogen) atoms. The molecule has 0 radical (unpaired) electrons. The Morgan fingerprint density at radius 2 is 2.20 bits per heavy atom. The molecule has 2 saturated heterocycles. The minimum absolute atomic E-state index is 0.209. The molecule has 2 fully saturated rings. The number of rotatable bonds is 8. The van der Waals surface area contributed by atoms with Gasteiger partial charge in [0.2, 0.25) is 10.0 Å². The Morgan fingerprint density at radius 1 is 1.40 bits per heavy atom. The van der Waals surface area contributed by atoms with E-state index in [9.17, 15) is 12.8 Å². The third kappa shape index (κ3) is 4.58. The van der Waals surface area contributed by atoms with Crippen molar-refractivity contribution in [2.75, 3.05) is 32.1 Å². The average molecular weight is 371 g/mol. The Labute approximate surface area is 149 Å². The molecule has 0 amide bonds. The first-order chi connectivity index (χ1) is 11.9. The molecular weight excluding hydrogens is 345 g/mol. The number of sulfonamides is 1. The van der Waals surface area contributed by atoms with Crippen LogP contribution in [0.25, 0.3) is 0 Å². The summed E-state index contributed by atoms with van der Waals surface area (Å²) in [4.78, 5) is 0. The van der Waals surface area contributed by atoms with Gasteiger partial charge in [-0.3, -0.25) is 0 Å². The number of halogens is 1. The van der Waals surface area contributed by atoms with E-state index in [0.717, 1.165) is 18.4 Å². The van der Waals surface area contributed by atoms with Crippen LogP contribution in [0.4, 0.5) is 4.39 Å². The zero-order chi connectivity index (χ0) is 17.9. The number of benzene rings is 1. The molecule has 0 saturated carbocycles. The molecule has 2 heterocycles. The second-order valence-electron chi connectivity index (χ2n) is 7.12. The monoisotopic (exact) mass is 371 g/mol. The number of ether oxygens (including phenoxy) is 2. The molecule has 1 unspecified atom stereocenters. The van der Waals surface area contributed by atoms with Gasteiger partial charge < -0.3 is 9.47 Å². The summed E-state index contributed by atoms with van der Waals surface area (Å²) in [6, 6.07) is 6.42. The molecule has 5 nitrogen and oxygen atoms in total. The van der Waals surface area contributed by atoms with E-state index < -0.39 is 10.0 Å². The average Bonchev–Trinajstić information content (AvgIpc) is 2.95. The minimum Gasteiger partial charge on any atom is -0.377 e. The van der Waals surface area contributed by atoms with Crippen molar-refractivity contribution >= 4 is 10.0 Å². The smallest absolute Gasteiger partial charge is 0.214 e. The molecule has 0 bridgehead atoms. The molecule has 3 rings (SSSR count). The maximum Gasteiger partial charge on any atom is 0.214 e. The lowest BCUT2D eigenvalue weighted by Crippen LogP contribution is -2.63. The lowest BCUT2D eigenvalue weighted by molar-refractivity contribution is -0.0773. The molecule has 1 aromatic carbocycles. The SMILES string of the molecule is CCCS(=O)(=O)N1CC2(CC(CCOCc3cccc(F)c3)CO2)C1. The van der Waals surface area contributed by atoms with E-state index in [1.807, 2.05) is 13.0 Å².